The van der Waals surface area contributed by atoms with Crippen LogP contribution in [0.3, 0.4) is 0 Å². The van der Waals surface area contributed by atoms with Crippen molar-refractivity contribution in [1.82, 2.24) is 9.97 Å². The quantitative estimate of drug-likeness (QED) is 0.623. The Labute approximate surface area is 158 Å². The van der Waals surface area contributed by atoms with Gasteiger partial charge in [-0.05, 0) is 53.7 Å². The third-order valence-corrected chi connectivity index (χ3v) is 4.12. The zero-order valence-electron chi connectivity index (χ0n) is 16.1. The number of imidazole rings is 1. The van der Waals surface area contributed by atoms with E-state index < -0.39 is 28.4 Å². The van der Waals surface area contributed by atoms with Crippen LogP contribution >= 0.6 is 11.8 Å². The monoisotopic (exact) mass is 378 g/mol. The topological polar surface area (TPSA) is 81.3 Å². The number of esters is 2. The van der Waals surface area contributed by atoms with E-state index in [0.717, 1.165) is 11.0 Å². The smallest absolute Gasteiger partial charge is 0.320 e. The maximum absolute atomic E-state index is 12.6. The number of aromatic amines is 1. The van der Waals surface area contributed by atoms with E-state index in [1.807, 2.05) is 24.3 Å². The molecule has 0 amide bonds. The molecule has 0 aliphatic heterocycles. The Bertz CT molecular complexity index is 754. The number of nitrogens with zero attached hydrogens (tertiary/aromatic N) is 1. The van der Waals surface area contributed by atoms with E-state index in [2.05, 4.69) is 9.97 Å². The van der Waals surface area contributed by atoms with Gasteiger partial charge in [0.1, 0.15) is 16.5 Å². The number of carbonyl (C=O) groups excluding carboxylic acids is 2. The number of hydrogen-bond donors (Lipinski definition) is 1. The number of nitrogens with one attached hydrogen (secondary N) is 1. The molecule has 142 valence electrons. The van der Waals surface area contributed by atoms with Crippen LogP contribution in [0.25, 0.3) is 11.0 Å². The summed E-state index contributed by atoms with van der Waals surface area (Å²) in [5, 5.41) is -0.185. The van der Waals surface area contributed by atoms with Crippen LogP contribution in [0.1, 0.15) is 48.0 Å². The van der Waals surface area contributed by atoms with Gasteiger partial charge in [0.05, 0.1) is 17.5 Å². The normalized spacial score (nSPS) is 13.5. The van der Waals surface area contributed by atoms with Gasteiger partial charge in [-0.3, -0.25) is 9.59 Å². The van der Waals surface area contributed by atoms with Gasteiger partial charge in [-0.1, -0.05) is 23.9 Å². The first-order valence-corrected chi connectivity index (χ1v) is 9.37. The summed E-state index contributed by atoms with van der Waals surface area (Å²) in [6.45, 7) is 10.8. The molecule has 1 unspecified atom stereocenters. The summed E-state index contributed by atoms with van der Waals surface area (Å²) in [6.07, 6.45) is -0.0894. The molecule has 0 radical (unpaired) electrons. The first-order chi connectivity index (χ1) is 11.9. The largest absolute Gasteiger partial charge is 0.460 e. The van der Waals surface area contributed by atoms with Crippen LogP contribution in [-0.2, 0) is 19.1 Å². The van der Waals surface area contributed by atoms with Crippen molar-refractivity contribution in [3.63, 3.8) is 0 Å². The number of benzene rings is 1. The highest BCUT2D eigenvalue weighted by Gasteiger charge is 2.31. The Hall–Kier alpha value is -2.02. The number of carbonyl (C=O) groups is 2. The van der Waals surface area contributed by atoms with Crippen LogP contribution in [0.15, 0.2) is 29.4 Å². The van der Waals surface area contributed by atoms with Gasteiger partial charge in [0.2, 0.25) is 0 Å². The molecule has 0 aliphatic rings. The lowest BCUT2D eigenvalue weighted by Gasteiger charge is -2.24. The van der Waals surface area contributed by atoms with Crippen LogP contribution in [0.2, 0.25) is 0 Å². The highest BCUT2D eigenvalue weighted by atomic mass is 32.2. The van der Waals surface area contributed by atoms with Crippen LogP contribution in [0.4, 0.5) is 0 Å². The molecule has 0 saturated carbocycles. The fourth-order valence-corrected chi connectivity index (χ4v) is 3.15. The standard InChI is InChI=1S/C19H26N2O4S/c1-18(2,3)24-15(22)11-14(16(23)25-19(4,5)6)26-17-20-12-9-7-8-10-13(12)21-17/h7-10,14H,11H2,1-6H3,(H,20,21). The number of ether oxygens (including phenoxy) is 2. The number of thioether (sulfide) groups is 1. The van der Waals surface area contributed by atoms with Gasteiger partial charge in [-0.25, -0.2) is 4.98 Å². The molecule has 1 aromatic carbocycles. The van der Waals surface area contributed by atoms with E-state index in [-0.39, 0.29) is 6.42 Å². The Morgan fingerprint density at radius 2 is 1.69 bits per heavy atom. The Morgan fingerprint density at radius 1 is 1.08 bits per heavy atom. The van der Waals surface area contributed by atoms with E-state index in [1.54, 1.807) is 41.5 Å². The fraction of sp³-hybridized carbons (Fsp3) is 0.526. The number of fused-ring (bicyclic) bond motifs is 1. The average molecular weight is 378 g/mol. The summed E-state index contributed by atoms with van der Waals surface area (Å²) in [5.41, 5.74) is 0.419. The van der Waals surface area contributed by atoms with Crippen molar-refractivity contribution >= 4 is 34.7 Å². The van der Waals surface area contributed by atoms with E-state index in [9.17, 15) is 9.59 Å². The maximum atomic E-state index is 12.6. The second kappa shape index (κ2) is 7.70. The third kappa shape index (κ3) is 6.37. The van der Waals surface area contributed by atoms with Crippen LogP contribution in [-0.4, -0.2) is 38.4 Å². The average Bonchev–Trinajstić information content (AvgIpc) is 2.84. The van der Waals surface area contributed by atoms with Crippen molar-refractivity contribution in [3.8, 4) is 0 Å². The molecule has 1 N–H and O–H groups in total. The van der Waals surface area contributed by atoms with E-state index in [0.29, 0.717) is 5.16 Å². The molecule has 1 atom stereocenters. The number of para-hydroxylation sites is 2. The number of hydrogen-bond acceptors (Lipinski definition) is 6. The fourth-order valence-electron chi connectivity index (χ4n) is 2.20. The molecule has 1 heterocycles. The van der Waals surface area contributed by atoms with Gasteiger partial charge in [0.25, 0.3) is 0 Å². The summed E-state index contributed by atoms with van der Waals surface area (Å²) in [7, 11) is 0. The Kier molecular flexibility index (Phi) is 6.01. The van der Waals surface area contributed by atoms with E-state index >= 15 is 0 Å². The molecule has 0 bridgehead atoms. The van der Waals surface area contributed by atoms with Crippen molar-refractivity contribution in [2.24, 2.45) is 0 Å². The van der Waals surface area contributed by atoms with Crippen molar-refractivity contribution in [3.05, 3.63) is 24.3 Å². The van der Waals surface area contributed by atoms with Gasteiger partial charge in [-0.15, -0.1) is 0 Å². The molecule has 2 rings (SSSR count). The lowest BCUT2D eigenvalue weighted by molar-refractivity contribution is -0.161. The zero-order chi connectivity index (χ0) is 19.5. The van der Waals surface area contributed by atoms with Crippen molar-refractivity contribution < 1.29 is 19.1 Å². The van der Waals surface area contributed by atoms with Gasteiger partial charge >= 0.3 is 11.9 Å². The molecule has 26 heavy (non-hydrogen) atoms. The van der Waals surface area contributed by atoms with E-state index in [1.165, 1.54) is 11.8 Å². The van der Waals surface area contributed by atoms with Gasteiger partial charge < -0.3 is 14.5 Å². The molecule has 0 saturated heterocycles. The number of aromatic nitrogens is 2. The van der Waals surface area contributed by atoms with Crippen LogP contribution < -0.4 is 0 Å². The van der Waals surface area contributed by atoms with Crippen molar-refractivity contribution in [2.45, 2.75) is 69.6 Å². The van der Waals surface area contributed by atoms with Gasteiger partial charge in [0.15, 0.2) is 5.16 Å². The lowest BCUT2D eigenvalue weighted by atomic mass is 10.2. The van der Waals surface area contributed by atoms with Crippen molar-refractivity contribution in [2.75, 3.05) is 0 Å². The minimum Gasteiger partial charge on any atom is -0.460 e. The molecule has 7 heteroatoms. The summed E-state index contributed by atoms with van der Waals surface area (Å²) in [6, 6.07) is 7.58. The minimum atomic E-state index is -0.746. The second-order valence-electron chi connectivity index (χ2n) is 7.99. The predicted octanol–water partition coefficient (Wildman–Crippen LogP) is 4.10. The van der Waals surface area contributed by atoms with Crippen molar-refractivity contribution in [1.29, 1.82) is 0 Å². The van der Waals surface area contributed by atoms with Gasteiger partial charge in [0, 0.05) is 0 Å². The van der Waals surface area contributed by atoms with Gasteiger partial charge in [-0.2, -0.15) is 0 Å². The second-order valence-corrected chi connectivity index (χ2v) is 9.18. The van der Waals surface area contributed by atoms with Crippen LogP contribution in [0.5, 0.6) is 0 Å². The summed E-state index contributed by atoms with van der Waals surface area (Å²) < 4.78 is 10.8. The Balaban J connectivity index is 2.18. The molecule has 0 aliphatic carbocycles. The Morgan fingerprint density at radius 3 is 2.27 bits per heavy atom. The first kappa shape index (κ1) is 20.3. The summed E-state index contributed by atoms with van der Waals surface area (Å²) >= 11 is 1.18. The molecule has 2 aromatic rings. The molecular weight excluding hydrogens is 352 g/mol. The van der Waals surface area contributed by atoms with Crippen LogP contribution in [0, 0.1) is 0 Å². The first-order valence-electron chi connectivity index (χ1n) is 8.49. The lowest BCUT2D eigenvalue weighted by Crippen LogP contribution is -2.33. The zero-order valence-corrected chi connectivity index (χ0v) is 16.9. The maximum Gasteiger partial charge on any atom is 0.320 e. The van der Waals surface area contributed by atoms with E-state index in [4.69, 9.17) is 9.47 Å². The summed E-state index contributed by atoms with van der Waals surface area (Å²) in [4.78, 5) is 32.4. The minimum absolute atomic E-state index is 0.0894. The predicted molar refractivity (Wildman–Crippen MR) is 102 cm³/mol. The molecular formula is C19H26N2O4S. The SMILES string of the molecule is CC(C)(C)OC(=O)CC(Sc1nc2ccccc2[nH]1)C(=O)OC(C)(C)C. The highest BCUT2D eigenvalue weighted by molar-refractivity contribution is 8.00. The molecule has 0 spiro atoms. The molecule has 0 fully saturated rings. The number of H-pyrrole nitrogens is 1. The highest BCUT2D eigenvalue weighted by Crippen LogP contribution is 2.28. The molecule has 1 aromatic heterocycles. The third-order valence-electron chi connectivity index (χ3n) is 3.06. The molecule has 6 nitrogen and oxygen atoms in total. The summed E-state index contributed by atoms with van der Waals surface area (Å²) in [5.74, 6) is -0.911. The number of rotatable bonds is 5.